The molecule has 0 spiro atoms. The van der Waals surface area contributed by atoms with Crippen LogP contribution in [0.3, 0.4) is 0 Å². The van der Waals surface area contributed by atoms with Gasteiger partial charge in [-0.2, -0.15) is 0 Å². The van der Waals surface area contributed by atoms with Crippen LogP contribution in [0.15, 0.2) is 12.2 Å². The van der Waals surface area contributed by atoms with Crippen LogP contribution < -0.4 is 4.89 Å². The summed E-state index contributed by atoms with van der Waals surface area (Å²) < 4.78 is 22.2. The minimum Gasteiger partial charge on any atom is -0.756 e. The van der Waals surface area contributed by atoms with Gasteiger partial charge in [0.15, 0.2) is 11.9 Å². The quantitative estimate of drug-likeness (QED) is 0.0571. The van der Waals surface area contributed by atoms with Crippen LogP contribution in [0.25, 0.3) is 0 Å². The number of nitrogens with zero attached hydrogens (tertiary/aromatic N) is 1. The smallest absolute Gasteiger partial charge is 0.268 e. The summed E-state index contributed by atoms with van der Waals surface area (Å²) in [5.74, 6) is -0.714. The first kappa shape index (κ1) is 37.4. The number of unbranched alkanes of at least 4 members (excludes halogenated alkanes) is 16. The highest BCUT2D eigenvalue weighted by molar-refractivity contribution is 7.45. The van der Waals surface area contributed by atoms with Gasteiger partial charge in [0.1, 0.15) is 19.3 Å². The summed E-state index contributed by atoms with van der Waals surface area (Å²) in [5.41, 5.74) is 0. The minimum absolute atomic E-state index is 0.116. The first-order valence-electron chi connectivity index (χ1n) is 15.0. The molecular weight excluding hydrogens is 505 g/mol. The Morgan fingerprint density at radius 2 is 1.32 bits per heavy atom. The van der Waals surface area contributed by atoms with Crippen molar-refractivity contribution in [2.75, 3.05) is 40.9 Å². The van der Waals surface area contributed by atoms with Crippen LogP contribution in [0.2, 0.25) is 0 Å². The number of allylic oxidation sites excluding steroid dienone is 1. The molecule has 0 fully saturated rings. The number of aliphatic hydroxyl groups is 2. The maximum absolute atomic E-state index is 12.4. The fourth-order valence-corrected chi connectivity index (χ4v) is 5.00. The highest BCUT2D eigenvalue weighted by Gasteiger charge is 2.30. The molecule has 0 amide bonds. The van der Waals surface area contributed by atoms with Crippen molar-refractivity contribution < 1.29 is 38.0 Å². The molecule has 0 aromatic rings. The molecular formula is C29H58NO7P. The molecule has 8 nitrogen and oxygen atoms in total. The van der Waals surface area contributed by atoms with E-state index in [0.29, 0.717) is 17.4 Å². The van der Waals surface area contributed by atoms with Crippen LogP contribution in [-0.4, -0.2) is 73.6 Å². The number of hydrogen-bond donors (Lipinski definition) is 2. The van der Waals surface area contributed by atoms with Gasteiger partial charge < -0.3 is 28.6 Å². The van der Waals surface area contributed by atoms with Crippen molar-refractivity contribution in [3.8, 4) is 0 Å². The Kier molecular flexibility index (Phi) is 22.8. The van der Waals surface area contributed by atoms with E-state index in [9.17, 15) is 24.5 Å². The van der Waals surface area contributed by atoms with E-state index in [1.54, 1.807) is 6.08 Å². The number of quaternary nitrogens is 1. The van der Waals surface area contributed by atoms with Crippen molar-refractivity contribution in [1.29, 1.82) is 0 Å². The lowest BCUT2D eigenvalue weighted by atomic mass is 10.0. The fraction of sp³-hybridized carbons (Fsp3) is 0.897. The lowest BCUT2D eigenvalue weighted by molar-refractivity contribution is -0.870. The summed E-state index contributed by atoms with van der Waals surface area (Å²) in [5, 5.41) is 19.1. The minimum atomic E-state index is -4.82. The van der Waals surface area contributed by atoms with Crippen LogP contribution in [0.5, 0.6) is 0 Å². The SMILES string of the molecule is CCCCCCCCCCCCCCCCCCC=CC(=O)C(OP(=O)([O-])OCC[N+](C)(C)C)[C@@H](O)CO. The normalized spacial score (nSPS) is 15.6. The average Bonchev–Trinajstić information content (AvgIpc) is 2.85. The molecule has 0 bridgehead atoms. The molecule has 0 heterocycles. The van der Waals surface area contributed by atoms with Gasteiger partial charge in [0.25, 0.3) is 7.82 Å². The van der Waals surface area contributed by atoms with Crippen molar-refractivity contribution >= 4 is 13.6 Å². The highest BCUT2D eigenvalue weighted by atomic mass is 31.2. The highest BCUT2D eigenvalue weighted by Crippen LogP contribution is 2.40. The third-order valence-corrected chi connectivity index (χ3v) is 7.56. The molecule has 226 valence electrons. The number of carbonyl (C=O) groups is 1. The van der Waals surface area contributed by atoms with Gasteiger partial charge in [-0.3, -0.25) is 9.36 Å². The first-order valence-corrected chi connectivity index (χ1v) is 16.4. The molecule has 3 atom stereocenters. The summed E-state index contributed by atoms with van der Waals surface area (Å²) in [7, 11) is 0.823. The lowest BCUT2D eigenvalue weighted by Gasteiger charge is -2.30. The molecule has 38 heavy (non-hydrogen) atoms. The zero-order valence-corrected chi connectivity index (χ0v) is 25.7. The molecule has 0 radical (unpaired) electrons. The second-order valence-corrected chi connectivity index (χ2v) is 12.8. The zero-order valence-electron chi connectivity index (χ0n) is 24.8. The third-order valence-electron chi connectivity index (χ3n) is 6.58. The second kappa shape index (κ2) is 23.1. The average molecular weight is 564 g/mol. The summed E-state index contributed by atoms with van der Waals surface area (Å²) in [6, 6.07) is 0. The Labute approximate surface area is 233 Å². The van der Waals surface area contributed by atoms with Gasteiger partial charge in [0.05, 0.1) is 27.7 Å². The summed E-state index contributed by atoms with van der Waals surface area (Å²) >= 11 is 0. The van der Waals surface area contributed by atoms with E-state index in [2.05, 4.69) is 6.92 Å². The Hall–Kier alpha value is -0.600. The third kappa shape index (κ3) is 23.3. The van der Waals surface area contributed by atoms with E-state index in [1.807, 2.05) is 21.1 Å². The van der Waals surface area contributed by atoms with Crippen molar-refractivity contribution in [3.63, 3.8) is 0 Å². The van der Waals surface area contributed by atoms with Gasteiger partial charge in [0, 0.05) is 0 Å². The molecule has 0 aromatic heterocycles. The summed E-state index contributed by atoms with van der Waals surface area (Å²) in [6.07, 6.45) is 20.9. The Bertz CT molecular complexity index is 651. The Balaban J connectivity index is 3.97. The summed E-state index contributed by atoms with van der Waals surface area (Å²) in [6.45, 7) is 1.75. The van der Waals surface area contributed by atoms with Gasteiger partial charge >= 0.3 is 0 Å². The van der Waals surface area contributed by atoms with E-state index in [-0.39, 0.29) is 6.61 Å². The van der Waals surface area contributed by atoms with E-state index in [4.69, 9.17) is 9.05 Å². The first-order chi connectivity index (χ1) is 18.0. The topological polar surface area (TPSA) is 116 Å². The number of rotatable bonds is 27. The number of hydrogen-bond acceptors (Lipinski definition) is 7. The monoisotopic (exact) mass is 563 g/mol. The Morgan fingerprint density at radius 3 is 1.74 bits per heavy atom. The summed E-state index contributed by atoms with van der Waals surface area (Å²) in [4.78, 5) is 24.5. The molecule has 2 N–H and O–H groups in total. The van der Waals surface area contributed by atoms with Crippen LogP contribution in [0.1, 0.15) is 116 Å². The lowest BCUT2D eigenvalue weighted by Crippen LogP contribution is -2.40. The van der Waals surface area contributed by atoms with E-state index in [0.717, 1.165) is 12.8 Å². The van der Waals surface area contributed by atoms with Crippen molar-refractivity contribution in [2.45, 2.75) is 128 Å². The maximum atomic E-state index is 12.4. The second-order valence-electron chi connectivity index (χ2n) is 11.5. The van der Waals surface area contributed by atoms with Gasteiger partial charge in [0.2, 0.25) is 0 Å². The molecule has 0 saturated carbocycles. The number of aliphatic hydroxyl groups excluding tert-OH is 2. The number of likely N-dealkylation sites (N-methyl/N-ethyl adjacent to an activating group) is 1. The van der Waals surface area contributed by atoms with Gasteiger partial charge in [-0.15, -0.1) is 0 Å². The van der Waals surface area contributed by atoms with Gasteiger partial charge in [-0.25, -0.2) is 0 Å². The number of carbonyl (C=O) groups excluding carboxylic acids is 1. The molecule has 0 aliphatic heterocycles. The van der Waals surface area contributed by atoms with Gasteiger partial charge in [-0.05, 0) is 18.9 Å². The molecule has 0 rings (SSSR count). The van der Waals surface area contributed by atoms with E-state index >= 15 is 0 Å². The van der Waals surface area contributed by atoms with Crippen LogP contribution in [-0.2, 0) is 18.4 Å². The standard InChI is InChI=1S/C29H58NO7P/c1-5-6-7-8-9-10-11-12-13-14-15-16-17-18-19-20-21-22-23-27(32)29(28(33)26-31)37-38(34,35)36-25-24-30(2,3)4/h22-23,28-29,31,33H,5-21,24-26H2,1-4H3/t28-,29?/m0/s1. The molecule has 2 unspecified atom stereocenters. The largest absolute Gasteiger partial charge is 0.756 e. The fourth-order valence-electron chi connectivity index (χ4n) is 4.11. The molecule has 0 aromatic carbocycles. The van der Waals surface area contributed by atoms with Crippen molar-refractivity contribution in [2.24, 2.45) is 0 Å². The number of ketones is 1. The predicted octanol–water partition coefficient (Wildman–Crippen LogP) is 5.69. The number of phosphoric acid groups is 1. The van der Waals surface area contributed by atoms with Crippen molar-refractivity contribution in [3.05, 3.63) is 12.2 Å². The van der Waals surface area contributed by atoms with E-state index in [1.165, 1.54) is 96.0 Å². The number of phosphoric ester groups is 1. The zero-order chi connectivity index (χ0) is 28.7. The predicted molar refractivity (Wildman–Crippen MR) is 153 cm³/mol. The Morgan fingerprint density at radius 1 is 0.868 bits per heavy atom. The molecule has 0 saturated heterocycles. The maximum Gasteiger partial charge on any atom is 0.268 e. The van der Waals surface area contributed by atoms with Crippen LogP contribution in [0, 0.1) is 0 Å². The van der Waals surface area contributed by atoms with Crippen LogP contribution in [0.4, 0.5) is 0 Å². The van der Waals surface area contributed by atoms with Gasteiger partial charge in [-0.1, -0.05) is 109 Å². The molecule has 0 aliphatic carbocycles. The molecule has 9 heteroatoms. The van der Waals surface area contributed by atoms with E-state index < -0.39 is 32.4 Å². The van der Waals surface area contributed by atoms with Crippen LogP contribution >= 0.6 is 7.82 Å². The van der Waals surface area contributed by atoms with Crippen molar-refractivity contribution in [1.82, 2.24) is 0 Å². The molecule has 0 aliphatic rings.